The summed E-state index contributed by atoms with van der Waals surface area (Å²) in [6, 6.07) is 4.94. The maximum Gasteiger partial charge on any atom is 0.148 e. The summed E-state index contributed by atoms with van der Waals surface area (Å²) in [5, 5.41) is 3.38. The molecule has 1 fully saturated rings. The van der Waals surface area contributed by atoms with Gasteiger partial charge in [0.1, 0.15) is 11.6 Å². The van der Waals surface area contributed by atoms with Crippen LogP contribution >= 0.6 is 0 Å². The van der Waals surface area contributed by atoms with Crippen molar-refractivity contribution in [2.45, 2.75) is 51.9 Å². The molecule has 0 saturated heterocycles. The number of anilines is 1. The van der Waals surface area contributed by atoms with Gasteiger partial charge in [0, 0.05) is 24.8 Å². The predicted octanol–water partition coefficient (Wildman–Crippen LogP) is 2.74. The molecule has 0 bridgehead atoms. The minimum absolute atomic E-state index is 0.443. The van der Waals surface area contributed by atoms with E-state index in [-0.39, 0.29) is 0 Å². The van der Waals surface area contributed by atoms with Gasteiger partial charge in [-0.25, -0.2) is 4.98 Å². The van der Waals surface area contributed by atoms with Crippen LogP contribution < -0.4 is 10.2 Å². The Labute approximate surface area is 125 Å². The smallest absolute Gasteiger partial charge is 0.148 e. The molecule has 5 heteroatoms. The molecular formula is C16H22N4O. The molecule has 0 spiro atoms. The molecule has 5 nitrogen and oxygen atoms in total. The zero-order valence-corrected chi connectivity index (χ0v) is 12.6. The Hall–Kier alpha value is -1.88. The molecule has 0 atom stereocenters. The summed E-state index contributed by atoms with van der Waals surface area (Å²) in [5.41, 5.74) is 0.978. The van der Waals surface area contributed by atoms with Crippen molar-refractivity contribution in [2.24, 2.45) is 0 Å². The lowest BCUT2D eigenvalue weighted by atomic mass is 10.3. The molecule has 0 aromatic carbocycles. The SMILES string of the molecule is CC(C)NCc1cncc(N(Cc2ccco2)C2CC2)n1. The Morgan fingerprint density at radius 1 is 1.38 bits per heavy atom. The third kappa shape index (κ3) is 3.82. The first kappa shape index (κ1) is 14.1. The van der Waals surface area contributed by atoms with Gasteiger partial charge in [0.15, 0.2) is 0 Å². The van der Waals surface area contributed by atoms with Crippen LogP contribution in [0.2, 0.25) is 0 Å². The van der Waals surface area contributed by atoms with Crippen molar-refractivity contribution in [2.75, 3.05) is 4.90 Å². The fourth-order valence-electron chi connectivity index (χ4n) is 2.28. The average Bonchev–Trinajstić information content (AvgIpc) is 3.19. The zero-order chi connectivity index (χ0) is 14.7. The first-order chi connectivity index (χ1) is 10.2. The molecule has 0 amide bonds. The number of aromatic nitrogens is 2. The van der Waals surface area contributed by atoms with Gasteiger partial charge in [-0.1, -0.05) is 13.8 Å². The van der Waals surface area contributed by atoms with Gasteiger partial charge in [0.25, 0.3) is 0 Å². The number of hydrogen-bond acceptors (Lipinski definition) is 5. The molecule has 1 aliphatic rings. The van der Waals surface area contributed by atoms with Crippen LogP contribution in [0.3, 0.4) is 0 Å². The lowest BCUT2D eigenvalue weighted by Gasteiger charge is -2.22. The van der Waals surface area contributed by atoms with Crippen molar-refractivity contribution in [3.8, 4) is 0 Å². The molecule has 1 aliphatic carbocycles. The van der Waals surface area contributed by atoms with E-state index in [2.05, 4.69) is 29.0 Å². The normalized spacial score (nSPS) is 14.6. The number of nitrogens with one attached hydrogen (secondary N) is 1. The minimum atomic E-state index is 0.443. The van der Waals surface area contributed by atoms with E-state index >= 15 is 0 Å². The summed E-state index contributed by atoms with van der Waals surface area (Å²) in [6.45, 7) is 5.76. The van der Waals surface area contributed by atoms with Crippen LogP contribution in [0.25, 0.3) is 0 Å². The quantitative estimate of drug-likeness (QED) is 0.848. The second kappa shape index (κ2) is 6.26. The highest BCUT2D eigenvalue weighted by Gasteiger charge is 2.30. The molecule has 112 valence electrons. The molecule has 0 radical (unpaired) electrons. The van der Waals surface area contributed by atoms with Crippen molar-refractivity contribution in [3.63, 3.8) is 0 Å². The van der Waals surface area contributed by atoms with Crippen LogP contribution in [0.1, 0.15) is 38.1 Å². The van der Waals surface area contributed by atoms with E-state index in [0.29, 0.717) is 12.1 Å². The maximum atomic E-state index is 5.47. The van der Waals surface area contributed by atoms with E-state index in [0.717, 1.165) is 30.4 Å². The van der Waals surface area contributed by atoms with E-state index in [1.165, 1.54) is 12.8 Å². The van der Waals surface area contributed by atoms with Gasteiger partial charge < -0.3 is 14.6 Å². The van der Waals surface area contributed by atoms with E-state index in [9.17, 15) is 0 Å². The number of furan rings is 1. The van der Waals surface area contributed by atoms with Gasteiger partial charge in [-0.2, -0.15) is 0 Å². The second-order valence-corrected chi connectivity index (χ2v) is 5.84. The molecule has 1 N–H and O–H groups in total. The van der Waals surface area contributed by atoms with Gasteiger partial charge in [0.2, 0.25) is 0 Å². The maximum absolute atomic E-state index is 5.47. The summed E-state index contributed by atoms with van der Waals surface area (Å²) in [7, 11) is 0. The first-order valence-electron chi connectivity index (χ1n) is 7.55. The van der Waals surface area contributed by atoms with Crippen LogP contribution in [-0.4, -0.2) is 22.1 Å². The highest BCUT2D eigenvalue weighted by atomic mass is 16.3. The molecule has 2 heterocycles. The predicted molar refractivity (Wildman–Crippen MR) is 81.9 cm³/mol. The van der Waals surface area contributed by atoms with E-state index in [1.807, 2.05) is 24.5 Å². The summed E-state index contributed by atoms with van der Waals surface area (Å²) in [5.74, 6) is 1.91. The summed E-state index contributed by atoms with van der Waals surface area (Å²) < 4.78 is 5.47. The minimum Gasteiger partial charge on any atom is -0.467 e. The summed E-state index contributed by atoms with van der Waals surface area (Å²) >= 11 is 0. The fourth-order valence-corrected chi connectivity index (χ4v) is 2.28. The van der Waals surface area contributed by atoms with Crippen LogP contribution in [0.5, 0.6) is 0 Å². The fraction of sp³-hybridized carbons (Fsp3) is 0.500. The largest absolute Gasteiger partial charge is 0.467 e. The van der Waals surface area contributed by atoms with Gasteiger partial charge in [-0.15, -0.1) is 0 Å². The second-order valence-electron chi connectivity index (χ2n) is 5.84. The van der Waals surface area contributed by atoms with Crippen LogP contribution in [0.4, 0.5) is 5.82 Å². The Bertz CT molecular complexity index is 563. The van der Waals surface area contributed by atoms with E-state index in [4.69, 9.17) is 9.40 Å². The van der Waals surface area contributed by atoms with Crippen molar-refractivity contribution >= 4 is 5.82 Å². The molecular weight excluding hydrogens is 264 g/mol. The number of hydrogen-bond donors (Lipinski definition) is 1. The van der Waals surface area contributed by atoms with Crippen LogP contribution in [0, 0.1) is 0 Å². The third-order valence-electron chi connectivity index (χ3n) is 3.55. The van der Waals surface area contributed by atoms with Gasteiger partial charge in [0.05, 0.1) is 24.7 Å². The number of rotatable bonds is 7. The molecule has 2 aromatic heterocycles. The zero-order valence-electron chi connectivity index (χ0n) is 12.6. The molecule has 3 rings (SSSR count). The first-order valence-corrected chi connectivity index (χ1v) is 7.55. The van der Waals surface area contributed by atoms with Gasteiger partial charge in [-0.3, -0.25) is 4.98 Å². The monoisotopic (exact) mass is 286 g/mol. The summed E-state index contributed by atoms with van der Waals surface area (Å²) in [6.07, 6.45) is 7.83. The van der Waals surface area contributed by atoms with Crippen molar-refractivity contribution < 1.29 is 4.42 Å². The van der Waals surface area contributed by atoms with E-state index in [1.54, 1.807) is 6.26 Å². The molecule has 0 aliphatic heterocycles. The average molecular weight is 286 g/mol. The lowest BCUT2D eigenvalue weighted by Crippen LogP contribution is -2.27. The standard InChI is InChI=1S/C16H22N4O/c1-12(2)18-9-13-8-17-10-16(19-13)20(14-5-6-14)11-15-4-3-7-21-15/h3-4,7-8,10,12,14,18H,5-6,9,11H2,1-2H3. The molecule has 1 saturated carbocycles. The summed E-state index contributed by atoms with van der Waals surface area (Å²) in [4.78, 5) is 11.4. The Kier molecular flexibility index (Phi) is 4.20. The third-order valence-corrected chi connectivity index (χ3v) is 3.55. The molecule has 2 aromatic rings. The van der Waals surface area contributed by atoms with Crippen molar-refractivity contribution in [1.29, 1.82) is 0 Å². The molecule has 0 unspecified atom stereocenters. The van der Waals surface area contributed by atoms with Crippen LogP contribution in [0.15, 0.2) is 35.2 Å². The van der Waals surface area contributed by atoms with Crippen LogP contribution in [-0.2, 0) is 13.1 Å². The Morgan fingerprint density at radius 3 is 2.90 bits per heavy atom. The van der Waals surface area contributed by atoms with Gasteiger partial charge >= 0.3 is 0 Å². The lowest BCUT2D eigenvalue weighted by molar-refractivity contribution is 0.499. The van der Waals surface area contributed by atoms with Gasteiger partial charge in [-0.05, 0) is 25.0 Å². The highest BCUT2D eigenvalue weighted by Crippen LogP contribution is 2.31. The van der Waals surface area contributed by atoms with Crippen molar-refractivity contribution in [3.05, 3.63) is 42.2 Å². The highest BCUT2D eigenvalue weighted by molar-refractivity contribution is 5.40. The van der Waals surface area contributed by atoms with Crippen molar-refractivity contribution in [1.82, 2.24) is 15.3 Å². The number of nitrogens with zero attached hydrogens (tertiary/aromatic N) is 3. The van der Waals surface area contributed by atoms with E-state index < -0.39 is 0 Å². The Morgan fingerprint density at radius 2 is 2.24 bits per heavy atom. The Balaban J connectivity index is 1.74. The topological polar surface area (TPSA) is 54.2 Å². The molecule has 21 heavy (non-hydrogen) atoms.